The van der Waals surface area contributed by atoms with E-state index in [0.717, 1.165) is 57.1 Å². The summed E-state index contributed by atoms with van der Waals surface area (Å²) in [5.41, 5.74) is 8.13. The average Bonchev–Trinajstić information content (AvgIpc) is 3.39. The molecule has 2 aromatic rings. The van der Waals surface area contributed by atoms with Crippen LogP contribution in [0.2, 0.25) is 0 Å². The van der Waals surface area contributed by atoms with E-state index in [2.05, 4.69) is 19.2 Å². The number of carbonyl (C=O) groups excluding carboxylic acids is 2. The number of benzene rings is 1. The second-order valence-electron chi connectivity index (χ2n) is 9.90. The van der Waals surface area contributed by atoms with Gasteiger partial charge in [-0.05, 0) is 68.0 Å². The zero-order chi connectivity index (χ0) is 24.1. The first-order chi connectivity index (χ1) is 16.6. The van der Waals surface area contributed by atoms with E-state index < -0.39 is 0 Å². The van der Waals surface area contributed by atoms with Crippen LogP contribution in [0.3, 0.4) is 0 Å². The van der Waals surface area contributed by atoms with Crippen molar-refractivity contribution in [1.29, 1.82) is 0 Å². The van der Waals surface area contributed by atoms with Crippen LogP contribution in [0, 0.1) is 11.8 Å². The summed E-state index contributed by atoms with van der Waals surface area (Å²) in [5.74, 6) is 0.368. The smallest absolute Gasteiger partial charge is 0.294 e. The topological polar surface area (TPSA) is 88.6 Å². The molecule has 34 heavy (non-hydrogen) atoms. The molecule has 1 aliphatic carbocycles. The van der Waals surface area contributed by atoms with E-state index in [4.69, 9.17) is 10.2 Å². The molecule has 4 rings (SSSR count). The molecular weight excluding hydrogens is 426 g/mol. The third kappa shape index (κ3) is 4.98. The summed E-state index contributed by atoms with van der Waals surface area (Å²) in [4.78, 5) is 29.6. The Morgan fingerprint density at radius 2 is 1.97 bits per heavy atom. The summed E-state index contributed by atoms with van der Waals surface area (Å²) in [6, 6.07) is 9.28. The predicted molar refractivity (Wildman–Crippen MR) is 135 cm³/mol. The first-order valence-corrected chi connectivity index (χ1v) is 13.1. The fourth-order valence-corrected chi connectivity index (χ4v) is 5.87. The van der Waals surface area contributed by atoms with Gasteiger partial charge in [0.2, 0.25) is 0 Å². The third-order valence-electron chi connectivity index (χ3n) is 7.58. The summed E-state index contributed by atoms with van der Waals surface area (Å²) in [5, 5.41) is 3.74. The lowest BCUT2D eigenvalue weighted by Gasteiger charge is -2.49. The number of Topliss-reactive ketones (excluding diaryl/α,β-unsaturated/α-hetero) is 1. The zero-order valence-corrected chi connectivity index (χ0v) is 20.6. The SMILES string of the molecule is CCCCCC1CC(NCCCC)CC2C1C(=O)c1cc(CN)ccc1N2C(=O)c1ccco1. The van der Waals surface area contributed by atoms with E-state index >= 15 is 0 Å². The van der Waals surface area contributed by atoms with E-state index in [9.17, 15) is 9.59 Å². The average molecular weight is 466 g/mol. The Morgan fingerprint density at radius 1 is 1.15 bits per heavy atom. The third-order valence-corrected chi connectivity index (χ3v) is 7.58. The molecule has 6 heteroatoms. The van der Waals surface area contributed by atoms with Gasteiger partial charge >= 0.3 is 0 Å². The van der Waals surface area contributed by atoms with Crippen molar-refractivity contribution >= 4 is 17.4 Å². The number of rotatable bonds is 10. The molecule has 4 atom stereocenters. The summed E-state index contributed by atoms with van der Waals surface area (Å²) in [7, 11) is 0. The molecule has 0 saturated heterocycles. The van der Waals surface area contributed by atoms with Crippen molar-refractivity contribution < 1.29 is 14.0 Å². The quantitative estimate of drug-likeness (QED) is 0.464. The Morgan fingerprint density at radius 3 is 2.68 bits per heavy atom. The Labute approximate surface area is 203 Å². The van der Waals surface area contributed by atoms with Gasteiger partial charge in [-0.15, -0.1) is 0 Å². The molecule has 2 heterocycles. The van der Waals surface area contributed by atoms with Gasteiger partial charge in [-0.3, -0.25) is 9.59 Å². The van der Waals surface area contributed by atoms with Crippen LogP contribution in [0.1, 0.15) is 91.7 Å². The largest absolute Gasteiger partial charge is 0.459 e. The maximum atomic E-state index is 14.0. The molecule has 1 aliphatic heterocycles. The van der Waals surface area contributed by atoms with Gasteiger partial charge in [0.25, 0.3) is 5.91 Å². The number of furan rings is 1. The number of nitrogens with zero attached hydrogens (tertiary/aromatic N) is 1. The van der Waals surface area contributed by atoms with Gasteiger partial charge in [0, 0.05) is 30.1 Å². The molecule has 184 valence electrons. The number of hydrogen-bond acceptors (Lipinski definition) is 5. The highest BCUT2D eigenvalue weighted by Crippen LogP contribution is 2.46. The van der Waals surface area contributed by atoms with Crippen LogP contribution in [-0.4, -0.2) is 30.3 Å². The highest BCUT2D eigenvalue weighted by atomic mass is 16.3. The highest BCUT2D eigenvalue weighted by Gasteiger charge is 2.50. The van der Waals surface area contributed by atoms with Crippen LogP contribution in [0.5, 0.6) is 0 Å². The number of fused-ring (bicyclic) bond motifs is 2. The molecule has 4 unspecified atom stereocenters. The van der Waals surface area contributed by atoms with Crippen LogP contribution in [0.15, 0.2) is 41.0 Å². The monoisotopic (exact) mass is 465 g/mol. The maximum Gasteiger partial charge on any atom is 0.294 e. The van der Waals surface area contributed by atoms with Crippen molar-refractivity contribution in [2.75, 3.05) is 11.4 Å². The Balaban J connectivity index is 1.75. The van der Waals surface area contributed by atoms with Gasteiger partial charge in [-0.2, -0.15) is 0 Å². The van der Waals surface area contributed by atoms with Crippen LogP contribution in [0.4, 0.5) is 5.69 Å². The number of ketones is 1. The van der Waals surface area contributed by atoms with Crippen molar-refractivity contribution in [2.24, 2.45) is 17.6 Å². The summed E-state index contributed by atoms with van der Waals surface area (Å²) in [6.07, 6.45) is 10.00. The molecule has 1 amide bonds. The number of amides is 1. The van der Waals surface area contributed by atoms with Gasteiger partial charge in [0.15, 0.2) is 11.5 Å². The van der Waals surface area contributed by atoms with Crippen LogP contribution >= 0.6 is 0 Å². The zero-order valence-electron chi connectivity index (χ0n) is 20.6. The molecule has 0 radical (unpaired) electrons. The van der Waals surface area contributed by atoms with Crippen LogP contribution in [0.25, 0.3) is 0 Å². The number of carbonyl (C=O) groups is 2. The normalized spacial score (nSPS) is 24.1. The van der Waals surface area contributed by atoms with Gasteiger partial charge in [0.05, 0.1) is 12.0 Å². The standard InChI is InChI=1S/C28H39N3O3/c1-3-5-7-9-20-16-21(30-13-6-4-2)17-24-26(20)27(32)22-15-19(18-29)11-12-23(22)31(24)28(33)25-10-8-14-34-25/h8,10-12,14-15,20-21,24,26,30H,3-7,9,13,16-18,29H2,1-2H3. The van der Waals surface area contributed by atoms with Gasteiger partial charge in [-0.1, -0.05) is 45.6 Å². The van der Waals surface area contributed by atoms with E-state index in [-0.39, 0.29) is 29.6 Å². The van der Waals surface area contributed by atoms with E-state index in [1.54, 1.807) is 12.1 Å². The molecule has 1 fully saturated rings. The fourth-order valence-electron chi connectivity index (χ4n) is 5.87. The van der Waals surface area contributed by atoms with Gasteiger partial charge < -0.3 is 20.4 Å². The van der Waals surface area contributed by atoms with Crippen molar-refractivity contribution in [3.8, 4) is 0 Å². The molecule has 1 aromatic heterocycles. The highest BCUT2D eigenvalue weighted by molar-refractivity contribution is 6.14. The van der Waals surface area contributed by atoms with Crippen LogP contribution in [-0.2, 0) is 6.54 Å². The maximum absolute atomic E-state index is 14.0. The number of nitrogens with one attached hydrogen (secondary N) is 1. The number of hydrogen-bond donors (Lipinski definition) is 2. The number of unbranched alkanes of at least 4 members (excludes halogenated alkanes) is 3. The molecule has 3 N–H and O–H groups in total. The van der Waals surface area contributed by atoms with Gasteiger partial charge in [0.1, 0.15) is 0 Å². The molecule has 1 saturated carbocycles. The number of nitrogens with two attached hydrogens (primary N) is 1. The first-order valence-electron chi connectivity index (χ1n) is 13.1. The lowest BCUT2D eigenvalue weighted by molar-refractivity contribution is 0.0689. The second-order valence-corrected chi connectivity index (χ2v) is 9.90. The fraction of sp³-hybridized carbons (Fsp3) is 0.571. The lowest BCUT2D eigenvalue weighted by Crippen LogP contribution is -2.59. The Bertz CT molecular complexity index is 971. The van der Waals surface area contributed by atoms with E-state index in [0.29, 0.717) is 29.6 Å². The van der Waals surface area contributed by atoms with E-state index in [1.807, 2.05) is 23.1 Å². The molecule has 2 aliphatic rings. The summed E-state index contributed by atoms with van der Waals surface area (Å²) in [6.45, 7) is 5.74. The lowest BCUT2D eigenvalue weighted by atomic mass is 9.66. The van der Waals surface area contributed by atoms with Crippen molar-refractivity contribution in [3.63, 3.8) is 0 Å². The number of anilines is 1. The summed E-state index contributed by atoms with van der Waals surface area (Å²) < 4.78 is 5.52. The van der Waals surface area contributed by atoms with Crippen molar-refractivity contribution in [1.82, 2.24) is 5.32 Å². The predicted octanol–water partition coefficient (Wildman–Crippen LogP) is 5.31. The Hall–Kier alpha value is -2.44. The Kier molecular flexibility index (Phi) is 8.22. The van der Waals surface area contributed by atoms with E-state index in [1.165, 1.54) is 12.7 Å². The minimum absolute atomic E-state index is 0.171. The second kappa shape index (κ2) is 11.3. The molecule has 0 bridgehead atoms. The minimum Gasteiger partial charge on any atom is -0.459 e. The first kappa shape index (κ1) is 24.7. The van der Waals surface area contributed by atoms with Crippen molar-refractivity contribution in [2.45, 2.75) is 83.8 Å². The van der Waals surface area contributed by atoms with Crippen LogP contribution < -0.4 is 16.0 Å². The summed E-state index contributed by atoms with van der Waals surface area (Å²) >= 11 is 0. The molecule has 6 nitrogen and oxygen atoms in total. The van der Waals surface area contributed by atoms with Crippen molar-refractivity contribution in [3.05, 3.63) is 53.5 Å². The minimum atomic E-state index is -0.194. The molecular formula is C28H39N3O3. The molecule has 1 aromatic carbocycles. The molecule has 0 spiro atoms. The van der Waals surface area contributed by atoms with Gasteiger partial charge in [-0.25, -0.2) is 0 Å².